The van der Waals surface area contributed by atoms with Crippen LogP contribution in [-0.2, 0) is 17.9 Å². The van der Waals surface area contributed by atoms with Gasteiger partial charge in [-0.15, -0.1) is 11.3 Å². The van der Waals surface area contributed by atoms with Gasteiger partial charge >= 0.3 is 0 Å². The van der Waals surface area contributed by atoms with E-state index in [2.05, 4.69) is 44.8 Å². The molecule has 1 fully saturated rings. The molecule has 1 aromatic heterocycles. The smallest absolute Gasteiger partial charge is 0.182 e. The second kappa shape index (κ2) is 7.72. The maximum atomic E-state index is 6.04. The third-order valence-corrected chi connectivity index (χ3v) is 4.92. The first-order valence-electron chi connectivity index (χ1n) is 7.83. The van der Waals surface area contributed by atoms with E-state index in [0.717, 1.165) is 49.9 Å². The molecule has 0 radical (unpaired) electrons. The van der Waals surface area contributed by atoms with Crippen molar-refractivity contribution in [3.05, 3.63) is 47.0 Å². The minimum Gasteiger partial charge on any atom is -0.373 e. The maximum absolute atomic E-state index is 6.04. The number of piperidine rings is 1. The van der Waals surface area contributed by atoms with E-state index in [1.165, 1.54) is 5.56 Å². The van der Waals surface area contributed by atoms with Gasteiger partial charge in [-0.05, 0) is 18.4 Å². The topological polar surface area (TPSA) is 37.4 Å². The van der Waals surface area contributed by atoms with E-state index in [1.807, 2.05) is 13.1 Å². The molecule has 1 aliphatic heterocycles. The zero-order valence-corrected chi connectivity index (χ0v) is 13.8. The van der Waals surface area contributed by atoms with Gasteiger partial charge < -0.3 is 10.1 Å². The number of ether oxygens (including phenoxy) is 1. The molecule has 1 saturated heterocycles. The Morgan fingerprint density at radius 2 is 2.05 bits per heavy atom. The van der Waals surface area contributed by atoms with Crippen LogP contribution in [0.25, 0.3) is 0 Å². The van der Waals surface area contributed by atoms with Crippen LogP contribution >= 0.6 is 11.3 Å². The van der Waals surface area contributed by atoms with Gasteiger partial charge in [-0.2, -0.15) is 0 Å². The summed E-state index contributed by atoms with van der Waals surface area (Å²) in [5.74, 6) is 0. The quantitative estimate of drug-likeness (QED) is 0.886. The first-order valence-corrected chi connectivity index (χ1v) is 8.71. The van der Waals surface area contributed by atoms with Crippen molar-refractivity contribution in [3.63, 3.8) is 0 Å². The second-order valence-corrected chi connectivity index (χ2v) is 6.52. The average molecular weight is 317 g/mol. The standard InChI is InChI=1S/C17H23N3OS/c1-18-17-19-15(13-22-17)11-20-9-7-16(8-10-20)21-12-14-5-3-2-4-6-14/h2-6,13,16H,7-12H2,1H3,(H,18,19). The van der Waals surface area contributed by atoms with Gasteiger partial charge in [0.2, 0.25) is 0 Å². The Kier molecular flexibility index (Phi) is 5.43. The van der Waals surface area contributed by atoms with Gasteiger partial charge in [0.05, 0.1) is 18.4 Å². The molecule has 1 aromatic carbocycles. The summed E-state index contributed by atoms with van der Waals surface area (Å²) >= 11 is 1.67. The first-order chi connectivity index (χ1) is 10.8. The van der Waals surface area contributed by atoms with Crippen molar-refractivity contribution in [1.82, 2.24) is 9.88 Å². The van der Waals surface area contributed by atoms with E-state index in [9.17, 15) is 0 Å². The van der Waals surface area contributed by atoms with Gasteiger partial charge in [-0.3, -0.25) is 4.90 Å². The Morgan fingerprint density at radius 3 is 2.73 bits per heavy atom. The van der Waals surface area contributed by atoms with Crippen molar-refractivity contribution in [2.24, 2.45) is 0 Å². The lowest BCUT2D eigenvalue weighted by Gasteiger charge is -2.31. The van der Waals surface area contributed by atoms with Crippen molar-refractivity contribution in [3.8, 4) is 0 Å². The lowest BCUT2D eigenvalue weighted by Crippen LogP contribution is -2.36. The predicted molar refractivity (Wildman–Crippen MR) is 91.2 cm³/mol. The molecule has 0 saturated carbocycles. The van der Waals surface area contributed by atoms with Crippen LogP contribution in [-0.4, -0.2) is 36.1 Å². The van der Waals surface area contributed by atoms with E-state index in [1.54, 1.807) is 11.3 Å². The number of hydrogen-bond donors (Lipinski definition) is 1. The largest absolute Gasteiger partial charge is 0.373 e. The number of benzene rings is 1. The summed E-state index contributed by atoms with van der Waals surface area (Å²) in [4.78, 5) is 7.02. The summed E-state index contributed by atoms with van der Waals surface area (Å²) in [7, 11) is 1.91. The van der Waals surface area contributed by atoms with Gasteiger partial charge in [0.15, 0.2) is 5.13 Å². The number of anilines is 1. The molecule has 0 aliphatic carbocycles. The Hall–Kier alpha value is -1.43. The zero-order valence-electron chi connectivity index (χ0n) is 13.0. The number of nitrogens with one attached hydrogen (secondary N) is 1. The SMILES string of the molecule is CNc1nc(CN2CCC(OCc3ccccc3)CC2)cs1. The molecule has 2 heterocycles. The van der Waals surface area contributed by atoms with E-state index in [-0.39, 0.29) is 0 Å². The molecule has 118 valence electrons. The molecule has 0 amide bonds. The zero-order chi connectivity index (χ0) is 15.2. The van der Waals surface area contributed by atoms with Gasteiger partial charge in [-0.25, -0.2) is 4.98 Å². The summed E-state index contributed by atoms with van der Waals surface area (Å²) in [6, 6.07) is 10.4. The van der Waals surface area contributed by atoms with Crippen molar-refractivity contribution >= 4 is 16.5 Å². The van der Waals surface area contributed by atoms with E-state index in [4.69, 9.17) is 4.74 Å². The Labute approximate surface area is 136 Å². The summed E-state index contributed by atoms with van der Waals surface area (Å²) in [6.07, 6.45) is 2.60. The van der Waals surface area contributed by atoms with Crippen LogP contribution < -0.4 is 5.32 Å². The number of hydrogen-bond acceptors (Lipinski definition) is 5. The van der Waals surface area contributed by atoms with Crippen molar-refractivity contribution in [1.29, 1.82) is 0 Å². The maximum Gasteiger partial charge on any atom is 0.182 e. The third kappa shape index (κ3) is 4.29. The fourth-order valence-corrected chi connectivity index (χ4v) is 3.41. The molecule has 0 atom stereocenters. The van der Waals surface area contributed by atoms with Crippen LogP contribution in [0.5, 0.6) is 0 Å². The average Bonchev–Trinajstić information content (AvgIpc) is 3.03. The highest BCUT2D eigenvalue weighted by atomic mass is 32.1. The number of thiazole rings is 1. The van der Waals surface area contributed by atoms with Crippen LogP contribution in [0, 0.1) is 0 Å². The summed E-state index contributed by atoms with van der Waals surface area (Å²) in [6.45, 7) is 3.85. The van der Waals surface area contributed by atoms with Crippen molar-refractivity contribution in [2.75, 3.05) is 25.5 Å². The van der Waals surface area contributed by atoms with Crippen molar-refractivity contribution < 1.29 is 4.74 Å². The molecule has 0 unspecified atom stereocenters. The van der Waals surface area contributed by atoms with Crippen molar-refractivity contribution in [2.45, 2.75) is 32.1 Å². The Balaban J connectivity index is 1.40. The number of rotatable bonds is 6. The molecule has 22 heavy (non-hydrogen) atoms. The monoisotopic (exact) mass is 317 g/mol. The molecule has 1 N–H and O–H groups in total. The van der Waals surface area contributed by atoms with Crippen LogP contribution in [0.1, 0.15) is 24.1 Å². The van der Waals surface area contributed by atoms with Crippen LogP contribution in [0.15, 0.2) is 35.7 Å². The van der Waals surface area contributed by atoms with E-state index < -0.39 is 0 Å². The molecule has 0 spiro atoms. The van der Waals surface area contributed by atoms with Crippen LogP contribution in [0.2, 0.25) is 0 Å². The molecule has 5 heteroatoms. The second-order valence-electron chi connectivity index (χ2n) is 5.67. The highest BCUT2D eigenvalue weighted by Crippen LogP contribution is 2.20. The summed E-state index contributed by atoms with van der Waals surface area (Å²) in [5, 5.41) is 6.23. The molecule has 4 nitrogen and oxygen atoms in total. The Bertz CT molecular complexity index is 564. The highest BCUT2D eigenvalue weighted by Gasteiger charge is 2.20. The van der Waals surface area contributed by atoms with E-state index >= 15 is 0 Å². The lowest BCUT2D eigenvalue weighted by atomic mass is 10.1. The van der Waals surface area contributed by atoms with Gasteiger partial charge in [0, 0.05) is 32.1 Å². The molecule has 0 bridgehead atoms. The van der Waals surface area contributed by atoms with Gasteiger partial charge in [0.1, 0.15) is 0 Å². The first kappa shape index (κ1) is 15.5. The van der Waals surface area contributed by atoms with Gasteiger partial charge in [-0.1, -0.05) is 30.3 Å². The summed E-state index contributed by atoms with van der Waals surface area (Å²) < 4.78 is 6.04. The Morgan fingerprint density at radius 1 is 1.27 bits per heavy atom. The summed E-state index contributed by atoms with van der Waals surface area (Å²) in [5.41, 5.74) is 2.42. The minimum absolute atomic E-state index is 0.389. The predicted octanol–water partition coefficient (Wildman–Crippen LogP) is 3.37. The normalized spacial score (nSPS) is 16.8. The van der Waals surface area contributed by atoms with Crippen LogP contribution in [0.3, 0.4) is 0 Å². The van der Waals surface area contributed by atoms with Crippen LogP contribution in [0.4, 0.5) is 5.13 Å². The molecule has 3 rings (SSSR count). The van der Waals surface area contributed by atoms with E-state index in [0.29, 0.717) is 6.10 Å². The lowest BCUT2D eigenvalue weighted by molar-refractivity contribution is -0.00411. The molecule has 2 aromatic rings. The number of aromatic nitrogens is 1. The number of nitrogens with zero attached hydrogens (tertiary/aromatic N) is 2. The fourth-order valence-electron chi connectivity index (χ4n) is 2.75. The minimum atomic E-state index is 0.389. The van der Waals surface area contributed by atoms with Gasteiger partial charge in [0.25, 0.3) is 0 Å². The number of likely N-dealkylation sites (tertiary alicyclic amines) is 1. The molecular weight excluding hydrogens is 294 g/mol. The molecule has 1 aliphatic rings. The molecular formula is C17H23N3OS. The third-order valence-electron chi connectivity index (χ3n) is 4.01. The fraction of sp³-hybridized carbons (Fsp3) is 0.471. The highest BCUT2D eigenvalue weighted by molar-refractivity contribution is 7.13.